The van der Waals surface area contributed by atoms with Crippen LogP contribution in [0.25, 0.3) is 0 Å². The zero-order chi connectivity index (χ0) is 27.1. The molecule has 38 heavy (non-hydrogen) atoms. The normalized spacial score (nSPS) is 31.5. The predicted octanol–water partition coefficient (Wildman–Crippen LogP) is -0.545. The highest BCUT2D eigenvalue weighted by Crippen LogP contribution is 2.53. The van der Waals surface area contributed by atoms with E-state index in [1.54, 1.807) is 4.90 Å². The monoisotopic (exact) mass is 546 g/mol. The molecule has 4 aliphatic rings. The summed E-state index contributed by atoms with van der Waals surface area (Å²) in [5.41, 5.74) is 6.00. The van der Waals surface area contributed by atoms with Crippen molar-refractivity contribution in [3.63, 3.8) is 0 Å². The minimum Gasteiger partial charge on any atom is -0.477 e. The summed E-state index contributed by atoms with van der Waals surface area (Å²) in [6.45, 7) is 6.03. The van der Waals surface area contributed by atoms with Crippen LogP contribution in [0.1, 0.15) is 39.5 Å². The lowest BCUT2D eigenvalue weighted by Crippen LogP contribution is -2.62. The molecular weight excluding hydrogens is 512 g/mol. The number of Topliss-reactive ketones (excluding diaryl/α,β-unsaturated/α-hetero) is 1. The first-order valence-electron chi connectivity index (χ1n) is 13.1. The number of β-lactam (4-membered cyclic amide) rings is 1. The number of carbonyl (C=O) groups excluding carboxylic acids is 3. The van der Waals surface area contributed by atoms with Crippen molar-refractivity contribution in [3.05, 3.63) is 16.9 Å². The molecule has 5 rings (SSSR count). The summed E-state index contributed by atoms with van der Waals surface area (Å²) in [6.07, 6.45) is 3.34. The lowest BCUT2D eigenvalue weighted by molar-refractivity contribution is -0.160. The molecule has 14 heteroatoms. The minimum atomic E-state index is -1.12. The van der Waals surface area contributed by atoms with Gasteiger partial charge in [0, 0.05) is 54.6 Å². The van der Waals surface area contributed by atoms with Gasteiger partial charge >= 0.3 is 5.97 Å². The quantitative estimate of drug-likeness (QED) is 0.321. The van der Waals surface area contributed by atoms with Crippen molar-refractivity contribution < 1.29 is 24.3 Å². The molecule has 0 saturated carbocycles. The molecule has 0 aromatic carbocycles. The fraction of sp³-hybridized carbons (Fsp3) is 0.708. The largest absolute Gasteiger partial charge is 0.477 e. The average molecular weight is 547 g/mol. The Balaban J connectivity index is 1.21. The van der Waals surface area contributed by atoms with Gasteiger partial charge < -0.3 is 26.0 Å². The number of likely N-dealkylation sites (tertiary alicyclic amines) is 1. The average Bonchev–Trinajstić information content (AvgIpc) is 3.66. The lowest BCUT2D eigenvalue weighted by atomic mass is 9.73. The Labute approximate surface area is 224 Å². The number of hydrogen-bond donors (Lipinski definition) is 3. The van der Waals surface area contributed by atoms with Gasteiger partial charge in [0.1, 0.15) is 17.8 Å². The molecule has 4 aliphatic heterocycles. The molecular formula is C24H34N8O5S. The standard InChI is InChI=1S/C24H34N8O5S/c1-12(7-15(33)4-6-31-11-27-28-29-31)18-19-13(2)21(20(24(36)37)32(19)23(18)35)38-16-8-17(26-9-16)22(34)30-5-3-14(25)10-30/h11-14,16-19,26H,3-10,25H2,1-2H3,(H,36,37)/t12-,13+,14+,16-,17-,18+,19+/m0/s1. The number of tetrazole rings is 1. The molecule has 206 valence electrons. The molecule has 1 aromatic rings. The molecule has 0 radical (unpaired) electrons. The number of carbonyl (C=O) groups is 4. The number of fused-ring (bicyclic) bond motifs is 1. The molecule has 7 atom stereocenters. The number of hydrogen-bond acceptors (Lipinski definition) is 10. The van der Waals surface area contributed by atoms with Crippen molar-refractivity contribution >= 4 is 35.3 Å². The third-order valence-corrected chi connectivity index (χ3v) is 9.70. The van der Waals surface area contributed by atoms with E-state index >= 15 is 0 Å². The molecule has 13 nitrogen and oxygen atoms in total. The number of amides is 2. The van der Waals surface area contributed by atoms with Crippen LogP contribution in [-0.2, 0) is 25.7 Å². The highest BCUT2D eigenvalue weighted by Gasteiger charge is 2.60. The number of nitrogens with two attached hydrogens (primary N) is 1. The van der Waals surface area contributed by atoms with Crippen LogP contribution in [-0.4, -0.2) is 102 Å². The van der Waals surface area contributed by atoms with Crippen LogP contribution < -0.4 is 11.1 Å². The molecule has 0 spiro atoms. The smallest absolute Gasteiger partial charge is 0.353 e. The Kier molecular flexibility index (Phi) is 7.56. The molecule has 0 bridgehead atoms. The van der Waals surface area contributed by atoms with E-state index in [1.165, 1.54) is 27.7 Å². The molecule has 3 saturated heterocycles. The van der Waals surface area contributed by atoms with Crippen LogP contribution in [0.2, 0.25) is 0 Å². The number of carboxylic acid groups (broad SMARTS) is 1. The number of rotatable bonds is 10. The second-order valence-corrected chi connectivity index (χ2v) is 12.2. The van der Waals surface area contributed by atoms with Gasteiger partial charge in [-0.2, -0.15) is 0 Å². The molecule has 1 aromatic heterocycles. The number of nitrogens with zero attached hydrogens (tertiary/aromatic N) is 6. The maximum absolute atomic E-state index is 13.2. The topological polar surface area (TPSA) is 177 Å². The molecule has 0 unspecified atom stereocenters. The van der Waals surface area contributed by atoms with Crippen LogP contribution in [0, 0.1) is 17.8 Å². The van der Waals surface area contributed by atoms with Gasteiger partial charge in [0.15, 0.2) is 0 Å². The summed E-state index contributed by atoms with van der Waals surface area (Å²) in [4.78, 5) is 54.8. The number of nitrogens with one attached hydrogen (secondary N) is 1. The van der Waals surface area contributed by atoms with Gasteiger partial charge in [-0.05, 0) is 29.2 Å². The number of thioether (sulfide) groups is 1. The highest BCUT2D eigenvalue weighted by molar-refractivity contribution is 8.03. The lowest BCUT2D eigenvalue weighted by Gasteiger charge is -2.47. The van der Waals surface area contributed by atoms with Crippen LogP contribution in [0.5, 0.6) is 0 Å². The van der Waals surface area contributed by atoms with E-state index in [9.17, 15) is 24.3 Å². The van der Waals surface area contributed by atoms with Crippen molar-refractivity contribution in [2.75, 3.05) is 19.6 Å². The first kappa shape index (κ1) is 26.8. The zero-order valence-electron chi connectivity index (χ0n) is 21.5. The van der Waals surface area contributed by atoms with Gasteiger partial charge in [-0.1, -0.05) is 13.8 Å². The molecule has 5 heterocycles. The number of aryl methyl sites for hydroxylation is 1. The number of carboxylic acids is 1. The van der Waals surface area contributed by atoms with Crippen LogP contribution in [0.3, 0.4) is 0 Å². The van der Waals surface area contributed by atoms with E-state index in [4.69, 9.17) is 5.73 Å². The Bertz CT molecular complexity index is 1140. The van der Waals surface area contributed by atoms with Gasteiger partial charge in [-0.15, -0.1) is 16.9 Å². The SMILES string of the molecule is C[C@@H](CC(=O)CCn1cnnn1)[C@H]1C(=O)N2C(C(=O)O)=C(S[C@@H]3CN[C@H](C(=O)N4CC[C@@H](N)C4)C3)[C@H](C)[C@H]12. The predicted molar refractivity (Wildman–Crippen MR) is 136 cm³/mol. The van der Waals surface area contributed by atoms with Gasteiger partial charge in [-0.3, -0.25) is 14.4 Å². The van der Waals surface area contributed by atoms with Gasteiger partial charge in [0.25, 0.3) is 0 Å². The highest BCUT2D eigenvalue weighted by atomic mass is 32.2. The first-order valence-corrected chi connectivity index (χ1v) is 14.0. The van der Waals surface area contributed by atoms with Gasteiger partial charge in [-0.25, -0.2) is 9.48 Å². The fourth-order valence-electron chi connectivity index (χ4n) is 6.25. The third-order valence-electron chi connectivity index (χ3n) is 8.18. The van der Waals surface area contributed by atoms with E-state index in [2.05, 4.69) is 20.8 Å². The Morgan fingerprint density at radius 1 is 1.34 bits per heavy atom. The first-order chi connectivity index (χ1) is 18.2. The number of ketones is 1. The van der Waals surface area contributed by atoms with E-state index in [1.807, 2.05) is 13.8 Å². The van der Waals surface area contributed by atoms with Crippen molar-refractivity contribution in [2.24, 2.45) is 23.5 Å². The third kappa shape index (κ3) is 4.96. The molecule has 4 N–H and O–H groups in total. The Morgan fingerprint density at radius 2 is 2.13 bits per heavy atom. The maximum atomic E-state index is 13.2. The summed E-state index contributed by atoms with van der Waals surface area (Å²) in [5, 5.41) is 24.2. The van der Waals surface area contributed by atoms with Crippen molar-refractivity contribution in [1.29, 1.82) is 0 Å². The summed E-state index contributed by atoms with van der Waals surface area (Å²) >= 11 is 1.47. The Morgan fingerprint density at radius 3 is 2.79 bits per heavy atom. The van der Waals surface area contributed by atoms with Crippen molar-refractivity contribution in [2.45, 2.75) is 69.5 Å². The van der Waals surface area contributed by atoms with Crippen LogP contribution in [0.4, 0.5) is 0 Å². The maximum Gasteiger partial charge on any atom is 0.353 e. The second kappa shape index (κ2) is 10.7. The van der Waals surface area contributed by atoms with E-state index < -0.39 is 11.9 Å². The molecule has 3 fully saturated rings. The number of aliphatic carboxylic acids is 1. The Hall–Kier alpha value is -2.84. The van der Waals surface area contributed by atoms with Crippen molar-refractivity contribution in [1.82, 2.24) is 35.3 Å². The minimum absolute atomic E-state index is 0.0117. The van der Waals surface area contributed by atoms with E-state index in [-0.39, 0.29) is 71.3 Å². The zero-order valence-corrected chi connectivity index (χ0v) is 22.3. The summed E-state index contributed by atoms with van der Waals surface area (Å²) in [7, 11) is 0. The second-order valence-electron chi connectivity index (χ2n) is 10.8. The van der Waals surface area contributed by atoms with Crippen LogP contribution >= 0.6 is 11.8 Å². The summed E-state index contributed by atoms with van der Waals surface area (Å²) in [6, 6.07) is -0.572. The molecule has 0 aliphatic carbocycles. The van der Waals surface area contributed by atoms with Gasteiger partial charge in [0.05, 0.1) is 24.5 Å². The number of aromatic nitrogens is 4. The van der Waals surface area contributed by atoms with E-state index in [0.717, 1.165) is 6.42 Å². The fourth-order valence-corrected chi connectivity index (χ4v) is 7.72. The summed E-state index contributed by atoms with van der Waals surface area (Å²) in [5.74, 6) is -2.09. The van der Waals surface area contributed by atoms with Crippen LogP contribution in [0.15, 0.2) is 16.9 Å². The van der Waals surface area contributed by atoms with Crippen molar-refractivity contribution in [3.8, 4) is 0 Å². The molecule has 2 amide bonds. The van der Waals surface area contributed by atoms with E-state index in [0.29, 0.717) is 37.5 Å². The van der Waals surface area contributed by atoms with Gasteiger partial charge in [0.2, 0.25) is 11.8 Å². The summed E-state index contributed by atoms with van der Waals surface area (Å²) < 4.78 is 1.49.